The van der Waals surface area contributed by atoms with Gasteiger partial charge in [-0.1, -0.05) is 18.2 Å². The second-order valence-corrected chi connectivity index (χ2v) is 5.22. The molecule has 0 saturated heterocycles. The lowest BCUT2D eigenvalue weighted by Gasteiger charge is -2.16. The van der Waals surface area contributed by atoms with Crippen LogP contribution in [0.25, 0.3) is 11.1 Å². The van der Waals surface area contributed by atoms with E-state index < -0.39 is 0 Å². The summed E-state index contributed by atoms with van der Waals surface area (Å²) in [6, 6.07) is 10.6. The molecule has 0 aromatic heterocycles. The van der Waals surface area contributed by atoms with Crippen molar-refractivity contribution in [1.82, 2.24) is 0 Å². The zero-order valence-electron chi connectivity index (χ0n) is 13.2. The summed E-state index contributed by atoms with van der Waals surface area (Å²) in [5.74, 6) is 1.51. The average molecular weight is 285 g/mol. The Kier molecular flexibility index (Phi) is 4.86. The van der Waals surface area contributed by atoms with E-state index in [-0.39, 0.29) is 0 Å². The highest BCUT2D eigenvalue weighted by atomic mass is 16.5. The lowest BCUT2D eigenvalue weighted by Crippen LogP contribution is -2.04. The Morgan fingerprint density at radius 2 is 1.71 bits per heavy atom. The fraction of sp³-hybridized carbons (Fsp3) is 0.333. The van der Waals surface area contributed by atoms with Gasteiger partial charge in [0.05, 0.1) is 14.2 Å². The molecule has 0 fully saturated rings. The molecule has 0 heterocycles. The molecule has 2 aromatic carbocycles. The SMILES string of the molecule is COc1cc(CCN)cc(-c2ccc(C)c(C)c2)c1OC. The zero-order valence-corrected chi connectivity index (χ0v) is 13.2. The van der Waals surface area contributed by atoms with Gasteiger partial charge in [0.15, 0.2) is 11.5 Å². The molecule has 0 spiro atoms. The van der Waals surface area contributed by atoms with Crippen molar-refractivity contribution in [2.45, 2.75) is 20.3 Å². The van der Waals surface area contributed by atoms with Crippen LogP contribution in [0, 0.1) is 13.8 Å². The maximum Gasteiger partial charge on any atom is 0.168 e. The summed E-state index contributed by atoms with van der Waals surface area (Å²) in [7, 11) is 3.33. The average Bonchev–Trinajstić information content (AvgIpc) is 2.49. The smallest absolute Gasteiger partial charge is 0.168 e. The number of nitrogens with two attached hydrogens (primary N) is 1. The van der Waals surface area contributed by atoms with Gasteiger partial charge in [0.25, 0.3) is 0 Å². The van der Waals surface area contributed by atoms with Crippen molar-refractivity contribution in [2.75, 3.05) is 20.8 Å². The second-order valence-electron chi connectivity index (χ2n) is 5.22. The topological polar surface area (TPSA) is 44.5 Å². The molecule has 0 aliphatic carbocycles. The third-order valence-electron chi connectivity index (χ3n) is 3.79. The van der Waals surface area contributed by atoms with Gasteiger partial charge in [-0.05, 0) is 61.2 Å². The van der Waals surface area contributed by atoms with Crippen molar-refractivity contribution in [3.63, 3.8) is 0 Å². The van der Waals surface area contributed by atoms with Crippen LogP contribution in [0.1, 0.15) is 16.7 Å². The number of aryl methyl sites for hydroxylation is 2. The van der Waals surface area contributed by atoms with Gasteiger partial charge in [0.2, 0.25) is 0 Å². The first kappa shape index (κ1) is 15.4. The fourth-order valence-corrected chi connectivity index (χ4v) is 2.46. The van der Waals surface area contributed by atoms with E-state index >= 15 is 0 Å². The lowest BCUT2D eigenvalue weighted by molar-refractivity contribution is 0.355. The molecular weight excluding hydrogens is 262 g/mol. The van der Waals surface area contributed by atoms with Crippen LogP contribution in [0.2, 0.25) is 0 Å². The number of ether oxygens (including phenoxy) is 2. The molecule has 3 heteroatoms. The van der Waals surface area contributed by atoms with Gasteiger partial charge >= 0.3 is 0 Å². The molecule has 2 rings (SSSR count). The van der Waals surface area contributed by atoms with Crippen LogP contribution in [0.3, 0.4) is 0 Å². The van der Waals surface area contributed by atoms with E-state index in [0.29, 0.717) is 6.54 Å². The van der Waals surface area contributed by atoms with Gasteiger partial charge in [0, 0.05) is 5.56 Å². The van der Waals surface area contributed by atoms with E-state index in [0.717, 1.165) is 34.6 Å². The Morgan fingerprint density at radius 3 is 2.29 bits per heavy atom. The molecule has 0 atom stereocenters. The Bertz CT molecular complexity index is 635. The normalized spacial score (nSPS) is 10.5. The minimum atomic E-state index is 0.613. The van der Waals surface area contributed by atoms with Crippen molar-refractivity contribution in [3.8, 4) is 22.6 Å². The standard InChI is InChI=1S/C18H23NO2/c1-12-5-6-15(9-13(12)2)16-10-14(7-8-19)11-17(20-3)18(16)21-4/h5-6,9-11H,7-8,19H2,1-4H3. The van der Waals surface area contributed by atoms with Gasteiger partial charge in [-0.3, -0.25) is 0 Å². The van der Waals surface area contributed by atoms with Gasteiger partial charge in [-0.2, -0.15) is 0 Å². The largest absolute Gasteiger partial charge is 0.493 e. The van der Waals surface area contributed by atoms with E-state index in [2.05, 4.69) is 38.1 Å². The summed E-state index contributed by atoms with van der Waals surface area (Å²) in [5, 5.41) is 0. The van der Waals surface area contributed by atoms with Crippen LogP contribution in [0.4, 0.5) is 0 Å². The van der Waals surface area contributed by atoms with Crippen molar-refractivity contribution in [3.05, 3.63) is 47.0 Å². The highest BCUT2D eigenvalue weighted by molar-refractivity contribution is 5.75. The molecule has 0 radical (unpaired) electrons. The van der Waals surface area contributed by atoms with Crippen LogP contribution >= 0.6 is 0 Å². The first-order valence-electron chi connectivity index (χ1n) is 7.13. The molecule has 0 bridgehead atoms. The van der Waals surface area contributed by atoms with E-state index in [9.17, 15) is 0 Å². The zero-order chi connectivity index (χ0) is 15.4. The third kappa shape index (κ3) is 3.19. The van der Waals surface area contributed by atoms with Crippen LogP contribution < -0.4 is 15.2 Å². The Hall–Kier alpha value is -2.00. The van der Waals surface area contributed by atoms with Crippen molar-refractivity contribution >= 4 is 0 Å². The Morgan fingerprint density at radius 1 is 0.952 bits per heavy atom. The molecule has 2 N–H and O–H groups in total. The molecule has 0 amide bonds. The first-order valence-corrected chi connectivity index (χ1v) is 7.13. The Labute approximate surface area is 126 Å². The van der Waals surface area contributed by atoms with Crippen molar-refractivity contribution < 1.29 is 9.47 Å². The van der Waals surface area contributed by atoms with E-state index in [1.807, 2.05) is 6.07 Å². The maximum absolute atomic E-state index is 5.68. The van der Waals surface area contributed by atoms with E-state index in [1.165, 1.54) is 11.1 Å². The summed E-state index contributed by atoms with van der Waals surface area (Å²) in [6.45, 7) is 4.84. The summed E-state index contributed by atoms with van der Waals surface area (Å²) in [5.41, 5.74) is 11.6. The Balaban J connectivity index is 2.63. The molecule has 3 nitrogen and oxygen atoms in total. The van der Waals surface area contributed by atoms with E-state index in [4.69, 9.17) is 15.2 Å². The quantitative estimate of drug-likeness (QED) is 0.914. The van der Waals surface area contributed by atoms with Crippen molar-refractivity contribution in [2.24, 2.45) is 5.73 Å². The van der Waals surface area contributed by atoms with Gasteiger partial charge < -0.3 is 15.2 Å². The molecule has 0 saturated carbocycles. The summed E-state index contributed by atoms with van der Waals surface area (Å²) in [4.78, 5) is 0. The number of methoxy groups -OCH3 is 2. The fourth-order valence-electron chi connectivity index (χ4n) is 2.46. The predicted octanol–water partition coefficient (Wildman–Crippen LogP) is 3.49. The number of rotatable bonds is 5. The summed E-state index contributed by atoms with van der Waals surface area (Å²) in [6.07, 6.45) is 0.818. The molecular formula is C18H23NO2. The third-order valence-corrected chi connectivity index (χ3v) is 3.79. The van der Waals surface area contributed by atoms with E-state index in [1.54, 1.807) is 14.2 Å². The monoisotopic (exact) mass is 285 g/mol. The molecule has 0 aliphatic rings. The predicted molar refractivity (Wildman–Crippen MR) is 87.2 cm³/mol. The minimum absolute atomic E-state index is 0.613. The second kappa shape index (κ2) is 6.64. The lowest BCUT2D eigenvalue weighted by atomic mass is 9.97. The number of hydrogen-bond donors (Lipinski definition) is 1. The minimum Gasteiger partial charge on any atom is -0.493 e. The maximum atomic E-state index is 5.68. The highest BCUT2D eigenvalue weighted by Gasteiger charge is 2.14. The van der Waals surface area contributed by atoms with Crippen LogP contribution in [-0.4, -0.2) is 20.8 Å². The van der Waals surface area contributed by atoms with Crippen LogP contribution in [-0.2, 0) is 6.42 Å². The number of hydrogen-bond acceptors (Lipinski definition) is 3. The summed E-state index contributed by atoms with van der Waals surface area (Å²) < 4.78 is 11.0. The summed E-state index contributed by atoms with van der Waals surface area (Å²) >= 11 is 0. The first-order chi connectivity index (χ1) is 10.1. The molecule has 2 aromatic rings. The van der Waals surface area contributed by atoms with Crippen molar-refractivity contribution in [1.29, 1.82) is 0 Å². The highest BCUT2D eigenvalue weighted by Crippen LogP contribution is 2.39. The van der Waals surface area contributed by atoms with Gasteiger partial charge in [-0.15, -0.1) is 0 Å². The number of benzene rings is 2. The van der Waals surface area contributed by atoms with Crippen LogP contribution in [0.5, 0.6) is 11.5 Å². The molecule has 0 aliphatic heterocycles. The molecule has 21 heavy (non-hydrogen) atoms. The van der Waals surface area contributed by atoms with Gasteiger partial charge in [0.1, 0.15) is 0 Å². The molecule has 0 unspecified atom stereocenters. The van der Waals surface area contributed by atoms with Crippen LogP contribution in [0.15, 0.2) is 30.3 Å². The molecule has 112 valence electrons. The van der Waals surface area contributed by atoms with Gasteiger partial charge in [-0.25, -0.2) is 0 Å².